The lowest BCUT2D eigenvalue weighted by Gasteiger charge is -2.20. The van der Waals surface area contributed by atoms with Gasteiger partial charge in [-0.2, -0.15) is 0 Å². The lowest BCUT2D eigenvalue weighted by Crippen LogP contribution is -2.26. The molecule has 0 aliphatic carbocycles. The van der Waals surface area contributed by atoms with Crippen molar-refractivity contribution in [2.75, 3.05) is 7.05 Å². The quantitative estimate of drug-likeness (QED) is 0.658. The standard InChI is InChI=1S/C15H15ClN2/c1-18(11-12-6-5-9-14(16)10-12)15(17)13-7-3-2-4-8-13/h2-10,17H,11H2,1H3. The normalized spacial score (nSPS) is 10.1. The van der Waals surface area contributed by atoms with Gasteiger partial charge in [-0.3, -0.25) is 5.41 Å². The molecule has 1 N–H and O–H groups in total. The highest BCUT2D eigenvalue weighted by atomic mass is 35.5. The van der Waals surface area contributed by atoms with Crippen LogP contribution in [0.3, 0.4) is 0 Å². The van der Waals surface area contributed by atoms with Gasteiger partial charge in [0.1, 0.15) is 5.84 Å². The van der Waals surface area contributed by atoms with Crippen LogP contribution in [0, 0.1) is 5.41 Å². The largest absolute Gasteiger partial charge is 0.355 e. The van der Waals surface area contributed by atoms with Crippen LogP contribution in [0.15, 0.2) is 54.6 Å². The van der Waals surface area contributed by atoms with E-state index in [-0.39, 0.29) is 0 Å². The second kappa shape index (κ2) is 5.69. The molecule has 0 aliphatic heterocycles. The van der Waals surface area contributed by atoms with Crippen molar-refractivity contribution in [3.63, 3.8) is 0 Å². The highest BCUT2D eigenvalue weighted by Gasteiger charge is 2.07. The molecular formula is C15H15ClN2. The first-order valence-corrected chi connectivity index (χ1v) is 6.14. The molecule has 0 saturated carbocycles. The number of benzene rings is 2. The van der Waals surface area contributed by atoms with Crippen molar-refractivity contribution in [1.82, 2.24) is 4.90 Å². The Hall–Kier alpha value is -1.80. The van der Waals surface area contributed by atoms with E-state index in [9.17, 15) is 0 Å². The molecule has 0 fully saturated rings. The summed E-state index contributed by atoms with van der Waals surface area (Å²) < 4.78 is 0. The second-order valence-electron chi connectivity index (χ2n) is 4.20. The minimum absolute atomic E-state index is 0.510. The molecule has 2 nitrogen and oxygen atoms in total. The Kier molecular flexibility index (Phi) is 4.00. The third-order valence-electron chi connectivity index (χ3n) is 2.74. The molecule has 0 amide bonds. The minimum atomic E-state index is 0.510. The molecule has 92 valence electrons. The van der Waals surface area contributed by atoms with Crippen LogP contribution < -0.4 is 0 Å². The van der Waals surface area contributed by atoms with Crippen molar-refractivity contribution in [1.29, 1.82) is 5.41 Å². The molecule has 0 bridgehead atoms. The highest BCUT2D eigenvalue weighted by molar-refractivity contribution is 6.30. The van der Waals surface area contributed by atoms with Gasteiger partial charge in [0.2, 0.25) is 0 Å². The first-order chi connectivity index (χ1) is 8.66. The molecule has 2 aromatic carbocycles. The third-order valence-corrected chi connectivity index (χ3v) is 2.97. The number of hydrogen-bond acceptors (Lipinski definition) is 1. The first kappa shape index (κ1) is 12.7. The van der Waals surface area contributed by atoms with Gasteiger partial charge in [-0.25, -0.2) is 0 Å². The van der Waals surface area contributed by atoms with Gasteiger partial charge in [-0.1, -0.05) is 54.1 Å². The number of hydrogen-bond donors (Lipinski definition) is 1. The van der Waals surface area contributed by atoms with Crippen LogP contribution in [-0.2, 0) is 6.54 Å². The van der Waals surface area contributed by atoms with E-state index in [0.29, 0.717) is 12.4 Å². The van der Waals surface area contributed by atoms with Gasteiger partial charge in [0.15, 0.2) is 0 Å². The zero-order valence-electron chi connectivity index (χ0n) is 10.2. The number of rotatable bonds is 3. The molecule has 0 atom stereocenters. The molecule has 0 aromatic heterocycles. The lowest BCUT2D eigenvalue weighted by molar-refractivity contribution is 0.498. The first-order valence-electron chi connectivity index (χ1n) is 5.76. The summed E-state index contributed by atoms with van der Waals surface area (Å²) >= 11 is 5.95. The Bertz CT molecular complexity index is 537. The van der Waals surface area contributed by atoms with Crippen LogP contribution >= 0.6 is 11.6 Å². The van der Waals surface area contributed by atoms with Crippen molar-refractivity contribution in [2.45, 2.75) is 6.54 Å². The summed E-state index contributed by atoms with van der Waals surface area (Å²) in [5, 5.41) is 8.86. The Morgan fingerprint density at radius 3 is 2.50 bits per heavy atom. The zero-order valence-corrected chi connectivity index (χ0v) is 11.0. The molecule has 0 heterocycles. The van der Waals surface area contributed by atoms with Crippen LogP contribution in [0.25, 0.3) is 0 Å². The summed E-state index contributed by atoms with van der Waals surface area (Å²) in [5.41, 5.74) is 2.02. The second-order valence-corrected chi connectivity index (χ2v) is 4.64. The number of halogens is 1. The fraction of sp³-hybridized carbons (Fsp3) is 0.133. The summed E-state index contributed by atoms with van der Waals surface area (Å²) in [6.45, 7) is 0.675. The summed E-state index contributed by atoms with van der Waals surface area (Å²) in [4.78, 5) is 1.90. The SMILES string of the molecule is CN(Cc1cccc(Cl)c1)C(=N)c1ccccc1. The van der Waals surface area contributed by atoms with Crippen molar-refractivity contribution >= 4 is 17.4 Å². The average Bonchev–Trinajstić information content (AvgIpc) is 2.39. The summed E-state index contributed by atoms with van der Waals surface area (Å²) in [6.07, 6.45) is 0. The summed E-state index contributed by atoms with van der Waals surface area (Å²) in [5.74, 6) is 0.510. The van der Waals surface area contributed by atoms with Gasteiger partial charge in [-0.05, 0) is 17.7 Å². The zero-order chi connectivity index (χ0) is 13.0. The van der Waals surface area contributed by atoms with Gasteiger partial charge in [0.05, 0.1) is 0 Å². The fourth-order valence-electron chi connectivity index (χ4n) is 1.80. The molecule has 0 unspecified atom stereocenters. The van der Waals surface area contributed by atoms with Crippen molar-refractivity contribution < 1.29 is 0 Å². The number of nitrogens with one attached hydrogen (secondary N) is 1. The van der Waals surface area contributed by atoms with Crippen molar-refractivity contribution in [2.24, 2.45) is 0 Å². The van der Waals surface area contributed by atoms with Crippen molar-refractivity contribution in [3.05, 3.63) is 70.7 Å². The van der Waals surface area contributed by atoms with E-state index in [4.69, 9.17) is 17.0 Å². The van der Waals surface area contributed by atoms with E-state index in [1.165, 1.54) is 0 Å². The Labute approximate surface area is 112 Å². The van der Waals surface area contributed by atoms with E-state index >= 15 is 0 Å². The maximum Gasteiger partial charge on any atom is 0.128 e. The number of nitrogens with zero attached hydrogens (tertiary/aromatic N) is 1. The van der Waals surface area contributed by atoms with Gasteiger partial charge in [-0.15, -0.1) is 0 Å². The molecule has 0 radical (unpaired) electrons. The summed E-state index contributed by atoms with van der Waals surface area (Å²) in [7, 11) is 1.91. The van der Waals surface area contributed by atoms with Crippen LogP contribution in [0.2, 0.25) is 5.02 Å². The molecular weight excluding hydrogens is 244 g/mol. The maximum absolute atomic E-state index is 8.13. The Balaban J connectivity index is 2.09. The van der Waals surface area contributed by atoms with Gasteiger partial charge in [0, 0.05) is 24.2 Å². The highest BCUT2D eigenvalue weighted by Crippen LogP contribution is 2.13. The molecule has 2 rings (SSSR count). The van der Waals surface area contributed by atoms with Gasteiger partial charge >= 0.3 is 0 Å². The monoisotopic (exact) mass is 258 g/mol. The average molecular weight is 259 g/mol. The smallest absolute Gasteiger partial charge is 0.128 e. The lowest BCUT2D eigenvalue weighted by atomic mass is 10.1. The van der Waals surface area contributed by atoms with Gasteiger partial charge < -0.3 is 4.90 Å². The minimum Gasteiger partial charge on any atom is -0.355 e. The van der Waals surface area contributed by atoms with E-state index in [2.05, 4.69) is 0 Å². The topological polar surface area (TPSA) is 27.1 Å². The van der Waals surface area contributed by atoms with Crippen LogP contribution in [-0.4, -0.2) is 17.8 Å². The predicted octanol–water partition coefficient (Wildman–Crippen LogP) is 3.80. The fourth-order valence-corrected chi connectivity index (χ4v) is 2.02. The Morgan fingerprint density at radius 2 is 1.83 bits per heavy atom. The molecule has 18 heavy (non-hydrogen) atoms. The third kappa shape index (κ3) is 3.11. The van der Waals surface area contributed by atoms with Crippen LogP contribution in [0.5, 0.6) is 0 Å². The molecule has 3 heteroatoms. The van der Waals surface area contributed by atoms with Crippen LogP contribution in [0.1, 0.15) is 11.1 Å². The molecule has 2 aromatic rings. The Morgan fingerprint density at radius 1 is 1.11 bits per heavy atom. The van der Waals surface area contributed by atoms with E-state index in [0.717, 1.165) is 16.1 Å². The van der Waals surface area contributed by atoms with Crippen molar-refractivity contribution in [3.8, 4) is 0 Å². The molecule has 0 aliphatic rings. The van der Waals surface area contributed by atoms with E-state index in [1.807, 2.05) is 66.5 Å². The molecule has 0 spiro atoms. The summed E-state index contributed by atoms with van der Waals surface area (Å²) in [6, 6.07) is 17.4. The molecule has 0 saturated heterocycles. The van der Waals surface area contributed by atoms with Crippen LogP contribution in [0.4, 0.5) is 0 Å². The van der Waals surface area contributed by atoms with Gasteiger partial charge in [0.25, 0.3) is 0 Å². The van der Waals surface area contributed by atoms with E-state index < -0.39 is 0 Å². The maximum atomic E-state index is 8.13. The number of amidine groups is 1. The predicted molar refractivity (Wildman–Crippen MR) is 76.2 cm³/mol. The van der Waals surface area contributed by atoms with E-state index in [1.54, 1.807) is 0 Å².